The Morgan fingerprint density at radius 1 is 1.10 bits per heavy atom. The summed E-state index contributed by atoms with van der Waals surface area (Å²) in [5, 5.41) is 3.53. The van der Waals surface area contributed by atoms with E-state index in [1.165, 1.54) is 5.56 Å². The molecule has 0 saturated carbocycles. The molecule has 2 aromatic rings. The maximum atomic E-state index is 5.77. The van der Waals surface area contributed by atoms with Gasteiger partial charge in [0.05, 0.1) is 12.6 Å². The van der Waals surface area contributed by atoms with Gasteiger partial charge in [0.25, 0.3) is 0 Å². The first kappa shape index (κ1) is 14.5. The minimum Gasteiger partial charge on any atom is -0.494 e. The quantitative estimate of drug-likeness (QED) is 0.872. The van der Waals surface area contributed by atoms with Gasteiger partial charge in [0.1, 0.15) is 5.75 Å². The van der Waals surface area contributed by atoms with Crippen molar-refractivity contribution in [2.75, 3.05) is 13.2 Å². The summed E-state index contributed by atoms with van der Waals surface area (Å²) < 4.78 is 5.77. The van der Waals surface area contributed by atoms with Crippen molar-refractivity contribution in [1.82, 2.24) is 10.3 Å². The van der Waals surface area contributed by atoms with Gasteiger partial charge in [-0.2, -0.15) is 0 Å². The van der Waals surface area contributed by atoms with Crippen molar-refractivity contribution in [1.29, 1.82) is 0 Å². The van der Waals surface area contributed by atoms with Crippen LogP contribution in [0.15, 0.2) is 42.6 Å². The van der Waals surface area contributed by atoms with Crippen LogP contribution in [-0.2, 0) is 0 Å². The smallest absolute Gasteiger partial charge is 0.124 e. The fourth-order valence-electron chi connectivity index (χ4n) is 2.40. The minimum absolute atomic E-state index is 0.108. The first-order chi connectivity index (χ1) is 9.77. The van der Waals surface area contributed by atoms with Gasteiger partial charge in [0.15, 0.2) is 0 Å². The van der Waals surface area contributed by atoms with Crippen LogP contribution in [0.4, 0.5) is 0 Å². The summed E-state index contributed by atoms with van der Waals surface area (Å²) in [6, 6.07) is 12.4. The highest BCUT2D eigenvalue weighted by Crippen LogP contribution is 2.31. The zero-order chi connectivity index (χ0) is 14.4. The second-order valence-electron chi connectivity index (χ2n) is 4.64. The molecule has 1 unspecified atom stereocenters. The maximum Gasteiger partial charge on any atom is 0.124 e. The fourth-order valence-corrected chi connectivity index (χ4v) is 2.40. The molecule has 0 amide bonds. The number of para-hydroxylation sites is 1. The van der Waals surface area contributed by atoms with Gasteiger partial charge in [0, 0.05) is 17.5 Å². The molecule has 1 aromatic carbocycles. The SMILES string of the molecule is CCNC(c1ccccc1OCC)c1cccnc1C. The van der Waals surface area contributed by atoms with Crippen molar-refractivity contribution < 1.29 is 4.74 Å². The normalized spacial score (nSPS) is 12.2. The van der Waals surface area contributed by atoms with E-state index in [0.717, 1.165) is 23.6 Å². The van der Waals surface area contributed by atoms with Crippen molar-refractivity contribution in [3.63, 3.8) is 0 Å². The van der Waals surface area contributed by atoms with Gasteiger partial charge in [-0.1, -0.05) is 31.2 Å². The molecule has 20 heavy (non-hydrogen) atoms. The highest BCUT2D eigenvalue weighted by molar-refractivity contribution is 5.42. The highest BCUT2D eigenvalue weighted by atomic mass is 16.5. The van der Waals surface area contributed by atoms with Gasteiger partial charge >= 0.3 is 0 Å². The van der Waals surface area contributed by atoms with Crippen LogP contribution in [0.3, 0.4) is 0 Å². The lowest BCUT2D eigenvalue weighted by Gasteiger charge is -2.22. The van der Waals surface area contributed by atoms with Gasteiger partial charge in [-0.25, -0.2) is 0 Å². The van der Waals surface area contributed by atoms with Crippen molar-refractivity contribution in [2.24, 2.45) is 0 Å². The summed E-state index contributed by atoms with van der Waals surface area (Å²) in [5.41, 5.74) is 3.40. The van der Waals surface area contributed by atoms with E-state index >= 15 is 0 Å². The molecule has 1 atom stereocenters. The Hall–Kier alpha value is -1.87. The number of benzene rings is 1. The monoisotopic (exact) mass is 270 g/mol. The Morgan fingerprint density at radius 3 is 2.55 bits per heavy atom. The molecule has 0 saturated heterocycles. The lowest BCUT2D eigenvalue weighted by atomic mass is 9.96. The van der Waals surface area contributed by atoms with E-state index in [1.807, 2.05) is 44.3 Å². The molecule has 3 heteroatoms. The molecule has 0 fully saturated rings. The van der Waals surface area contributed by atoms with E-state index in [0.29, 0.717) is 6.61 Å². The lowest BCUT2D eigenvalue weighted by molar-refractivity contribution is 0.333. The van der Waals surface area contributed by atoms with Crippen LogP contribution < -0.4 is 10.1 Å². The predicted octanol–water partition coefficient (Wildman–Crippen LogP) is 3.49. The molecule has 0 aliphatic carbocycles. The van der Waals surface area contributed by atoms with E-state index in [1.54, 1.807) is 0 Å². The standard InChI is InChI=1S/C17H22N2O/c1-4-18-17(14-10-8-12-19-13(14)3)15-9-6-7-11-16(15)20-5-2/h6-12,17-18H,4-5H2,1-3H3. The van der Waals surface area contributed by atoms with Gasteiger partial charge in [-0.15, -0.1) is 0 Å². The first-order valence-electron chi connectivity index (χ1n) is 7.14. The average Bonchev–Trinajstić information content (AvgIpc) is 2.47. The predicted molar refractivity (Wildman–Crippen MR) is 82.1 cm³/mol. The van der Waals surface area contributed by atoms with Gasteiger partial charge in [-0.3, -0.25) is 4.98 Å². The number of hydrogen-bond donors (Lipinski definition) is 1. The molecule has 1 N–H and O–H groups in total. The summed E-state index contributed by atoms with van der Waals surface area (Å²) >= 11 is 0. The molecular weight excluding hydrogens is 248 g/mol. The molecule has 0 aliphatic rings. The molecule has 2 rings (SSSR count). The van der Waals surface area contributed by atoms with Crippen LogP contribution in [0, 0.1) is 6.92 Å². The summed E-state index contributed by atoms with van der Waals surface area (Å²) in [7, 11) is 0. The number of nitrogens with one attached hydrogen (secondary N) is 1. The summed E-state index contributed by atoms with van der Waals surface area (Å²) in [6.07, 6.45) is 1.83. The second-order valence-corrected chi connectivity index (χ2v) is 4.64. The van der Waals surface area contributed by atoms with Crippen LogP contribution in [0.5, 0.6) is 5.75 Å². The minimum atomic E-state index is 0.108. The molecule has 1 heterocycles. The third kappa shape index (κ3) is 3.17. The van der Waals surface area contributed by atoms with Crippen molar-refractivity contribution in [2.45, 2.75) is 26.8 Å². The molecule has 1 aromatic heterocycles. The van der Waals surface area contributed by atoms with Crippen LogP contribution in [-0.4, -0.2) is 18.1 Å². The number of aryl methyl sites for hydroxylation is 1. The molecule has 106 valence electrons. The second kappa shape index (κ2) is 7.06. The highest BCUT2D eigenvalue weighted by Gasteiger charge is 2.19. The van der Waals surface area contributed by atoms with Crippen LogP contribution in [0.1, 0.15) is 36.7 Å². The molecule has 3 nitrogen and oxygen atoms in total. The zero-order valence-electron chi connectivity index (χ0n) is 12.4. The van der Waals surface area contributed by atoms with Gasteiger partial charge in [0.2, 0.25) is 0 Å². The summed E-state index contributed by atoms with van der Waals surface area (Å²) in [4.78, 5) is 4.40. The first-order valence-corrected chi connectivity index (χ1v) is 7.14. The van der Waals surface area contributed by atoms with E-state index in [-0.39, 0.29) is 6.04 Å². The zero-order valence-corrected chi connectivity index (χ0v) is 12.4. The average molecular weight is 270 g/mol. The Labute approximate surface area is 121 Å². The van der Waals surface area contributed by atoms with E-state index in [4.69, 9.17) is 4.74 Å². The summed E-state index contributed by atoms with van der Waals surface area (Å²) in [5.74, 6) is 0.934. The molecule has 0 aliphatic heterocycles. The number of hydrogen-bond acceptors (Lipinski definition) is 3. The van der Waals surface area contributed by atoms with Gasteiger partial charge in [-0.05, 0) is 38.1 Å². The molecule has 0 bridgehead atoms. The van der Waals surface area contributed by atoms with Crippen LogP contribution >= 0.6 is 0 Å². The van der Waals surface area contributed by atoms with Crippen molar-refractivity contribution in [3.8, 4) is 5.75 Å². The summed E-state index contributed by atoms with van der Waals surface area (Å²) in [6.45, 7) is 7.72. The van der Waals surface area contributed by atoms with Crippen LogP contribution in [0.25, 0.3) is 0 Å². The number of nitrogens with zero attached hydrogens (tertiary/aromatic N) is 1. The fraction of sp³-hybridized carbons (Fsp3) is 0.353. The largest absolute Gasteiger partial charge is 0.494 e. The number of ether oxygens (including phenoxy) is 1. The van der Waals surface area contributed by atoms with Crippen molar-refractivity contribution >= 4 is 0 Å². The van der Waals surface area contributed by atoms with E-state index < -0.39 is 0 Å². The Kier molecular flexibility index (Phi) is 5.13. The van der Waals surface area contributed by atoms with Gasteiger partial charge < -0.3 is 10.1 Å². The third-order valence-electron chi connectivity index (χ3n) is 3.30. The Bertz CT molecular complexity index is 554. The number of aromatic nitrogens is 1. The lowest BCUT2D eigenvalue weighted by Crippen LogP contribution is -2.23. The number of rotatable bonds is 6. The topological polar surface area (TPSA) is 34.1 Å². The molecule has 0 spiro atoms. The van der Waals surface area contributed by atoms with E-state index in [9.17, 15) is 0 Å². The Morgan fingerprint density at radius 2 is 1.85 bits per heavy atom. The molecule has 0 radical (unpaired) electrons. The molecular formula is C17H22N2O. The van der Waals surface area contributed by atoms with E-state index in [2.05, 4.69) is 29.4 Å². The Balaban J connectivity index is 2.46. The maximum absolute atomic E-state index is 5.77. The third-order valence-corrected chi connectivity index (χ3v) is 3.30. The van der Waals surface area contributed by atoms with Crippen molar-refractivity contribution in [3.05, 3.63) is 59.4 Å². The van der Waals surface area contributed by atoms with Crippen LogP contribution in [0.2, 0.25) is 0 Å². The number of pyridine rings is 1.